The number of sulfonamides is 1. The molecule has 0 amide bonds. The van der Waals surface area contributed by atoms with E-state index in [1.165, 1.54) is 0 Å². The van der Waals surface area contributed by atoms with E-state index in [0.29, 0.717) is 13.0 Å². The molecule has 106 valence electrons. The van der Waals surface area contributed by atoms with E-state index in [0.717, 1.165) is 18.6 Å². The first-order chi connectivity index (χ1) is 8.89. The molecular weight excluding hydrogens is 280 g/mol. The number of phenols is 1. The molecule has 0 saturated carbocycles. The number of ether oxygens (including phenoxy) is 1. The summed E-state index contributed by atoms with van der Waals surface area (Å²) < 4.78 is 57.0. The number of halogens is 2. The first kappa shape index (κ1) is 14.0. The van der Waals surface area contributed by atoms with Gasteiger partial charge in [0.25, 0.3) is 0 Å². The molecule has 1 aromatic rings. The van der Waals surface area contributed by atoms with Gasteiger partial charge in [-0.2, -0.15) is 0 Å². The van der Waals surface area contributed by atoms with Crippen molar-refractivity contribution in [1.82, 2.24) is 0 Å². The van der Waals surface area contributed by atoms with Gasteiger partial charge in [0.2, 0.25) is 10.0 Å². The molecule has 0 bridgehead atoms. The van der Waals surface area contributed by atoms with Gasteiger partial charge < -0.3 is 9.84 Å². The highest BCUT2D eigenvalue weighted by atomic mass is 32.2. The van der Waals surface area contributed by atoms with Gasteiger partial charge in [0.15, 0.2) is 17.4 Å². The second-order valence-electron chi connectivity index (χ2n) is 4.28. The maximum atomic E-state index is 13.5. The summed E-state index contributed by atoms with van der Waals surface area (Å²) in [5.74, 6) is -4.00. The number of benzene rings is 1. The summed E-state index contributed by atoms with van der Waals surface area (Å²) in [5, 5.41) is 9.06. The number of hydrogen-bond donors (Lipinski definition) is 2. The van der Waals surface area contributed by atoms with Crippen LogP contribution < -0.4 is 4.72 Å². The Morgan fingerprint density at radius 3 is 2.79 bits per heavy atom. The third-order valence-electron chi connectivity index (χ3n) is 2.76. The van der Waals surface area contributed by atoms with Crippen LogP contribution >= 0.6 is 0 Å². The predicted octanol–water partition coefficient (Wildman–Crippen LogP) is 1.59. The van der Waals surface area contributed by atoms with E-state index in [4.69, 9.17) is 9.84 Å². The molecule has 1 unspecified atom stereocenters. The van der Waals surface area contributed by atoms with Gasteiger partial charge in [-0.1, -0.05) is 0 Å². The fraction of sp³-hybridized carbons (Fsp3) is 0.455. The van der Waals surface area contributed by atoms with Crippen LogP contribution in [0.4, 0.5) is 14.5 Å². The Hall–Kier alpha value is -1.41. The highest BCUT2D eigenvalue weighted by Crippen LogP contribution is 2.27. The van der Waals surface area contributed by atoms with Crippen molar-refractivity contribution in [3.8, 4) is 5.75 Å². The molecule has 0 aliphatic carbocycles. The molecule has 1 heterocycles. The van der Waals surface area contributed by atoms with Gasteiger partial charge in [-0.3, -0.25) is 4.72 Å². The summed E-state index contributed by atoms with van der Waals surface area (Å²) in [6.45, 7) is 0.506. The Bertz CT molecular complexity index is 570. The standard InChI is InChI=1S/C11H13F2NO4S/c12-8-3-4-9(10(13)11(8)15)14-19(16,17)6-7-2-1-5-18-7/h3-4,7,14-15H,1-2,5-6H2. The van der Waals surface area contributed by atoms with E-state index in [1.54, 1.807) is 0 Å². The summed E-state index contributed by atoms with van der Waals surface area (Å²) in [6.07, 6.45) is 0.985. The summed E-state index contributed by atoms with van der Waals surface area (Å²) in [4.78, 5) is 0. The smallest absolute Gasteiger partial charge is 0.235 e. The van der Waals surface area contributed by atoms with Crippen LogP contribution in [0.25, 0.3) is 0 Å². The van der Waals surface area contributed by atoms with Crippen molar-refractivity contribution >= 4 is 15.7 Å². The predicted molar refractivity (Wildman–Crippen MR) is 64.4 cm³/mol. The Morgan fingerprint density at radius 1 is 1.42 bits per heavy atom. The van der Waals surface area contributed by atoms with Crippen LogP contribution in [0.2, 0.25) is 0 Å². The van der Waals surface area contributed by atoms with Crippen LogP contribution in [0.15, 0.2) is 12.1 Å². The van der Waals surface area contributed by atoms with Crippen LogP contribution in [-0.2, 0) is 14.8 Å². The van der Waals surface area contributed by atoms with Gasteiger partial charge in [-0.05, 0) is 25.0 Å². The lowest BCUT2D eigenvalue weighted by Gasteiger charge is -2.13. The zero-order chi connectivity index (χ0) is 14.0. The zero-order valence-corrected chi connectivity index (χ0v) is 10.7. The van der Waals surface area contributed by atoms with Crippen molar-refractivity contribution in [1.29, 1.82) is 0 Å². The lowest BCUT2D eigenvalue weighted by atomic mass is 10.3. The average molecular weight is 293 g/mol. The second-order valence-corrected chi connectivity index (χ2v) is 6.04. The number of aromatic hydroxyl groups is 1. The molecule has 0 aromatic heterocycles. The van der Waals surface area contributed by atoms with Crippen LogP contribution in [0.3, 0.4) is 0 Å². The maximum absolute atomic E-state index is 13.5. The summed E-state index contributed by atoms with van der Waals surface area (Å²) in [7, 11) is -3.82. The Morgan fingerprint density at radius 2 is 2.16 bits per heavy atom. The third kappa shape index (κ3) is 3.32. The van der Waals surface area contributed by atoms with Crippen LogP contribution in [0.5, 0.6) is 5.75 Å². The van der Waals surface area contributed by atoms with Crippen molar-refractivity contribution in [3.63, 3.8) is 0 Å². The molecule has 1 atom stereocenters. The van der Waals surface area contributed by atoms with Crippen LogP contribution in [0.1, 0.15) is 12.8 Å². The van der Waals surface area contributed by atoms with Crippen molar-refractivity contribution in [2.75, 3.05) is 17.1 Å². The molecule has 1 saturated heterocycles. The highest BCUT2D eigenvalue weighted by Gasteiger charge is 2.24. The second kappa shape index (κ2) is 5.30. The van der Waals surface area contributed by atoms with Crippen molar-refractivity contribution in [2.45, 2.75) is 18.9 Å². The Labute approximate surface area is 109 Å². The molecule has 0 radical (unpaired) electrons. The monoisotopic (exact) mass is 293 g/mol. The van der Waals surface area contributed by atoms with E-state index >= 15 is 0 Å². The zero-order valence-electron chi connectivity index (χ0n) is 9.90. The minimum Gasteiger partial charge on any atom is -0.503 e. The topological polar surface area (TPSA) is 75.6 Å². The minimum atomic E-state index is -3.82. The van der Waals surface area contributed by atoms with Crippen LogP contribution in [0, 0.1) is 11.6 Å². The number of anilines is 1. The minimum absolute atomic E-state index is 0.301. The quantitative estimate of drug-likeness (QED) is 0.884. The first-order valence-corrected chi connectivity index (χ1v) is 7.33. The molecule has 1 aliphatic rings. The third-order valence-corrected chi connectivity index (χ3v) is 4.10. The van der Waals surface area contributed by atoms with E-state index in [-0.39, 0.29) is 5.75 Å². The molecule has 2 N–H and O–H groups in total. The fourth-order valence-corrected chi connectivity index (χ4v) is 3.18. The molecule has 0 spiro atoms. The van der Waals surface area contributed by atoms with Gasteiger partial charge in [0.05, 0.1) is 17.5 Å². The van der Waals surface area contributed by atoms with E-state index in [2.05, 4.69) is 0 Å². The molecule has 2 rings (SSSR count). The Kier molecular flexibility index (Phi) is 3.91. The van der Waals surface area contributed by atoms with Crippen molar-refractivity contribution < 1.29 is 27.0 Å². The highest BCUT2D eigenvalue weighted by molar-refractivity contribution is 7.92. The maximum Gasteiger partial charge on any atom is 0.235 e. The SMILES string of the molecule is O=S(=O)(CC1CCCO1)Nc1ccc(F)c(O)c1F. The first-order valence-electron chi connectivity index (χ1n) is 5.68. The lowest BCUT2D eigenvalue weighted by Crippen LogP contribution is -2.26. The van der Waals surface area contributed by atoms with Crippen molar-refractivity contribution in [2.24, 2.45) is 0 Å². The number of nitrogens with one attached hydrogen (secondary N) is 1. The Balaban J connectivity index is 2.13. The van der Waals surface area contributed by atoms with Crippen LogP contribution in [-0.4, -0.2) is 32.0 Å². The summed E-state index contributed by atoms with van der Waals surface area (Å²) >= 11 is 0. The fourth-order valence-electron chi connectivity index (χ4n) is 1.85. The van der Waals surface area contributed by atoms with Gasteiger partial charge in [-0.15, -0.1) is 0 Å². The normalized spacial score (nSPS) is 19.6. The average Bonchev–Trinajstić information content (AvgIpc) is 2.82. The van der Waals surface area contributed by atoms with E-state index in [1.807, 2.05) is 4.72 Å². The molecule has 5 nitrogen and oxygen atoms in total. The molecule has 19 heavy (non-hydrogen) atoms. The largest absolute Gasteiger partial charge is 0.503 e. The molecule has 8 heteroatoms. The van der Waals surface area contributed by atoms with E-state index in [9.17, 15) is 17.2 Å². The van der Waals surface area contributed by atoms with Gasteiger partial charge >= 0.3 is 0 Å². The number of phenolic OH excluding ortho intramolecular Hbond substituents is 1. The van der Waals surface area contributed by atoms with Crippen molar-refractivity contribution in [3.05, 3.63) is 23.8 Å². The number of rotatable bonds is 4. The summed E-state index contributed by atoms with van der Waals surface area (Å²) in [6, 6.07) is 1.69. The van der Waals surface area contributed by atoms with Gasteiger partial charge in [0, 0.05) is 6.61 Å². The number of hydrogen-bond acceptors (Lipinski definition) is 4. The molecular formula is C11H13F2NO4S. The molecule has 1 fully saturated rings. The summed E-state index contributed by atoms with van der Waals surface area (Å²) in [5.41, 5.74) is -0.489. The van der Waals surface area contributed by atoms with E-state index < -0.39 is 39.2 Å². The molecule has 1 aliphatic heterocycles. The van der Waals surface area contributed by atoms with Gasteiger partial charge in [-0.25, -0.2) is 17.2 Å². The molecule has 1 aromatic carbocycles. The lowest BCUT2D eigenvalue weighted by molar-refractivity contribution is 0.127. The van der Waals surface area contributed by atoms with Gasteiger partial charge in [0.1, 0.15) is 0 Å².